The van der Waals surface area contributed by atoms with Gasteiger partial charge in [0.05, 0.1) is 42.4 Å². The number of carbonyl (C=O) groups excluding carboxylic acids is 3. The largest absolute Gasteiger partial charge is 0.471 e. The highest BCUT2D eigenvalue weighted by Gasteiger charge is 2.38. The Kier molecular flexibility index (Phi) is 8.97. The number of carbonyl (C=O) groups is 3. The molecule has 2 aromatic carbocycles. The van der Waals surface area contributed by atoms with Crippen LogP contribution < -0.4 is 5.32 Å². The maximum absolute atomic E-state index is 12.5. The number of H-pyrrole nitrogens is 1. The molecule has 0 aliphatic heterocycles. The molecule has 1 amide bonds. The lowest BCUT2D eigenvalue weighted by Gasteiger charge is -2.06. The van der Waals surface area contributed by atoms with Crippen molar-refractivity contribution in [2.75, 3.05) is 20.8 Å². The standard InChI is InChI=1S/C23H20F3N7O5/c1-37-19(34)13-3-7-15(8-4-13)30-32-18-17(11-12-27-21(36)23(24,25)26)28-22(29-18)33-31-16-9-5-14(6-10-16)20(35)38-2/h3-10H,11-12H2,1-2H3,(H,27,36)(H,28,29). The summed E-state index contributed by atoms with van der Waals surface area (Å²) in [5, 5.41) is 17.7. The summed E-state index contributed by atoms with van der Waals surface area (Å²) < 4.78 is 46.7. The van der Waals surface area contributed by atoms with Gasteiger partial charge in [0.15, 0.2) is 5.82 Å². The monoisotopic (exact) mass is 531 g/mol. The van der Waals surface area contributed by atoms with Gasteiger partial charge in [-0.25, -0.2) is 9.59 Å². The highest BCUT2D eigenvalue weighted by molar-refractivity contribution is 5.90. The first kappa shape index (κ1) is 27.6. The molecule has 1 aromatic heterocycles. The number of esters is 2. The molecule has 38 heavy (non-hydrogen) atoms. The molecule has 0 atom stereocenters. The zero-order valence-corrected chi connectivity index (χ0v) is 19.9. The molecule has 3 rings (SSSR count). The number of methoxy groups -OCH3 is 2. The van der Waals surface area contributed by atoms with E-state index in [0.717, 1.165) is 0 Å². The van der Waals surface area contributed by atoms with E-state index in [1.807, 2.05) is 0 Å². The molecule has 12 nitrogen and oxygen atoms in total. The summed E-state index contributed by atoms with van der Waals surface area (Å²) in [5.41, 5.74) is 1.58. The van der Waals surface area contributed by atoms with Gasteiger partial charge >= 0.3 is 24.0 Å². The van der Waals surface area contributed by atoms with Gasteiger partial charge in [0.2, 0.25) is 5.95 Å². The van der Waals surface area contributed by atoms with Crippen LogP contribution in [0.25, 0.3) is 0 Å². The van der Waals surface area contributed by atoms with E-state index in [1.54, 1.807) is 5.32 Å². The summed E-state index contributed by atoms with van der Waals surface area (Å²) in [6.45, 7) is -0.373. The van der Waals surface area contributed by atoms with Crippen LogP contribution in [0, 0.1) is 0 Å². The summed E-state index contributed by atoms with van der Waals surface area (Å²) in [5.74, 6) is -3.16. The molecule has 0 unspecified atom stereocenters. The first-order valence-corrected chi connectivity index (χ1v) is 10.7. The average Bonchev–Trinajstić information content (AvgIpc) is 3.31. The highest BCUT2D eigenvalue weighted by atomic mass is 19.4. The number of aromatic nitrogens is 2. The number of amides is 1. The van der Waals surface area contributed by atoms with Crippen LogP contribution in [-0.2, 0) is 20.7 Å². The average molecular weight is 531 g/mol. The van der Waals surface area contributed by atoms with E-state index >= 15 is 0 Å². The molecule has 0 saturated heterocycles. The third-order valence-corrected chi connectivity index (χ3v) is 4.76. The second kappa shape index (κ2) is 12.3. The summed E-state index contributed by atoms with van der Waals surface area (Å²) in [7, 11) is 2.50. The first-order chi connectivity index (χ1) is 18.1. The van der Waals surface area contributed by atoms with E-state index in [1.165, 1.54) is 62.8 Å². The fraction of sp³-hybridized carbons (Fsp3) is 0.217. The minimum absolute atomic E-state index is 0.00158. The Balaban J connectivity index is 1.80. The quantitative estimate of drug-likeness (QED) is 0.291. The predicted molar refractivity (Wildman–Crippen MR) is 125 cm³/mol. The number of imidazole rings is 1. The topological polar surface area (TPSA) is 160 Å². The minimum Gasteiger partial charge on any atom is -0.465 e. The number of benzene rings is 2. The molecule has 0 aliphatic carbocycles. The van der Waals surface area contributed by atoms with E-state index in [0.29, 0.717) is 22.5 Å². The number of azo groups is 2. The minimum atomic E-state index is -5.02. The van der Waals surface area contributed by atoms with E-state index in [4.69, 9.17) is 0 Å². The number of aromatic amines is 1. The van der Waals surface area contributed by atoms with Crippen molar-refractivity contribution < 1.29 is 37.0 Å². The van der Waals surface area contributed by atoms with Gasteiger partial charge in [-0.3, -0.25) is 4.79 Å². The SMILES string of the molecule is COC(=O)c1ccc(N=Nc2nc(N=Nc3ccc(C(=O)OC)cc3)c(CCNC(=O)C(F)(F)F)[nH]2)cc1. The molecule has 1 heterocycles. The lowest BCUT2D eigenvalue weighted by atomic mass is 10.2. The summed E-state index contributed by atoms with van der Waals surface area (Å²) >= 11 is 0. The second-order valence-electron chi connectivity index (χ2n) is 7.34. The molecule has 198 valence electrons. The van der Waals surface area contributed by atoms with E-state index in [-0.39, 0.29) is 30.4 Å². The van der Waals surface area contributed by atoms with Crippen molar-refractivity contribution in [3.8, 4) is 0 Å². The Morgan fingerprint density at radius 2 is 1.34 bits per heavy atom. The molecule has 0 bridgehead atoms. The van der Waals surface area contributed by atoms with Gasteiger partial charge in [-0.05, 0) is 48.5 Å². The highest BCUT2D eigenvalue weighted by Crippen LogP contribution is 2.26. The summed E-state index contributed by atoms with van der Waals surface area (Å²) in [6.07, 6.45) is -5.12. The normalized spacial score (nSPS) is 11.6. The number of hydrogen-bond donors (Lipinski definition) is 2. The van der Waals surface area contributed by atoms with Crippen LogP contribution >= 0.6 is 0 Å². The van der Waals surface area contributed by atoms with Crippen molar-refractivity contribution in [3.63, 3.8) is 0 Å². The van der Waals surface area contributed by atoms with Gasteiger partial charge < -0.3 is 19.8 Å². The van der Waals surface area contributed by atoms with Crippen LogP contribution in [0.2, 0.25) is 0 Å². The Labute approximate surface area is 213 Å². The molecule has 0 spiro atoms. The van der Waals surface area contributed by atoms with E-state index in [2.05, 4.69) is 39.9 Å². The van der Waals surface area contributed by atoms with Gasteiger partial charge in [0.25, 0.3) is 0 Å². The zero-order valence-electron chi connectivity index (χ0n) is 19.9. The fourth-order valence-electron chi connectivity index (χ4n) is 2.87. The van der Waals surface area contributed by atoms with Crippen LogP contribution in [0.4, 0.5) is 36.3 Å². The number of hydrogen-bond acceptors (Lipinski definition) is 10. The number of halogens is 3. The zero-order chi connectivity index (χ0) is 27.7. The summed E-state index contributed by atoms with van der Waals surface area (Å²) in [6, 6.07) is 12.0. The number of rotatable bonds is 9. The van der Waals surface area contributed by atoms with Gasteiger partial charge in [0, 0.05) is 13.0 Å². The number of nitrogens with one attached hydrogen (secondary N) is 2. The number of alkyl halides is 3. The maximum Gasteiger partial charge on any atom is 0.471 e. The van der Waals surface area contributed by atoms with Crippen molar-refractivity contribution in [2.45, 2.75) is 12.6 Å². The third kappa shape index (κ3) is 7.52. The number of ether oxygens (including phenoxy) is 2. The summed E-state index contributed by atoms with van der Waals surface area (Å²) in [4.78, 5) is 41.1. The van der Waals surface area contributed by atoms with Crippen molar-refractivity contribution in [1.29, 1.82) is 0 Å². The second-order valence-corrected chi connectivity index (χ2v) is 7.34. The molecule has 3 aromatic rings. The molecule has 0 saturated carbocycles. The molecule has 2 N–H and O–H groups in total. The smallest absolute Gasteiger partial charge is 0.465 e. The molecule has 0 aliphatic rings. The van der Waals surface area contributed by atoms with Gasteiger partial charge in [0.1, 0.15) is 0 Å². The van der Waals surface area contributed by atoms with Crippen LogP contribution in [0.1, 0.15) is 26.4 Å². The van der Waals surface area contributed by atoms with Crippen molar-refractivity contribution in [1.82, 2.24) is 15.3 Å². The lowest BCUT2D eigenvalue weighted by Crippen LogP contribution is -2.37. The molecule has 0 fully saturated rings. The van der Waals surface area contributed by atoms with Crippen LogP contribution in [-0.4, -0.2) is 54.8 Å². The molecular weight excluding hydrogens is 511 g/mol. The first-order valence-electron chi connectivity index (χ1n) is 10.7. The van der Waals surface area contributed by atoms with Crippen molar-refractivity contribution in [2.24, 2.45) is 20.5 Å². The molecule has 0 radical (unpaired) electrons. The van der Waals surface area contributed by atoms with Crippen molar-refractivity contribution >= 4 is 41.0 Å². The van der Waals surface area contributed by atoms with E-state index < -0.39 is 24.0 Å². The van der Waals surface area contributed by atoms with Crippen molar-refractivity contribution in [3.05, 3.63) is 65.4 Å². The Hall–Kier alpha value is -4.95. The maximum atomic E-state index is 12.5. The lowest BCUT2D eigenvalue weighted by molar-refractivity contribution is -0.173. The Morgan fingerprint density at radius 3 is 1.82 bits per heavy atom. The van der Waals surface area contributed by atoms with Crippen LogP contribution in [0.3, 0.4) is 0 Å². The molecular formula is C23H20F3N7O5. The van der Waals surface area contributed by atoms with Crippen LogP contribution in [0.5, 0.6) is 0 Å². The van der Waals surface area contributed by atoms with Gasteiger partial charge in [-0.15, -0.1) is 20.5 Å². The Morgan fingerprint density at radius 1 is 0.842 bits per heavy atom. The third-order valence-electron chi connectivity index (χ3n) is 4.76. The van der Waals surface area contributed by atoms with Gasteiger partial charge in [-0.1, -0.05) is 0 Å². The van der Waals surface area contributed by atoms with E-state index in [9.17, 15) is 27.6 Å². The van der Waals surface area contributed by atoms with Crippen LogP contribution in [0.15, 0.2) is 69.0 Å². The number of nitrogens with zero attached hydrogens (tertiary/aromatic N) is 5. The Bertz CT molecular complexity index is 1350. The fourth-order valence-corrected chi connectivity index (χ4v) is 2.87. The van der Waals surface area contributed by atoms with Gasteiger partial charge in [-0.2, -0.15) is 18.2 Å². The predicted octanol–water partition coefficient (Wildman–Crippen LogP) is 5.03. The molecule has 15 heteroatoms.